The molecule has 2 rings (SSSR count). The SMILES string of the molecule is CS(=O)(=O)C1CCCC(Oc2ccc([B-](F)(F)F)c(F)c2)C1. The molecule has 9 heteroatoms. The number of benzene rings is 1. The Morgan fingerprint density at radius 1 is 1.23 bits per heavy atom. The standard InChI is InChI=1S/C13H16BF4O3S/c1-22(19,20)11-4-2-3-9(7-11)21-10-5-6-12(13(15)8-10)14(16,17)18/h5-6,8-9,11H,2-4,7H2,1H3/q-1. The van der Waals surface area contributed by atoms with Crippen LogP contribution in [0.5, 0.6) is 5.75 Å². The van der Waals surface area contributed by atoms with Gasteiger partial charge in [0.15, 0.2) is 0 Å². The van der Waals surface area contributed by atoms with E-state index in [2.05, 4.69) is 0 Å². The molecule has 2 unspecified atom stereocenters. The van der Waals surface area contributed by atoms with Gasteiger partial charge in [0.25, 0.3) is 0 Å². The third-order valence-electron chi connectivity index (χ3n) is 3.81. The van der Waals surface area contributed by atoms with Crippen LogP contribution in [0.25, 0.3) is 0 Å². The van der Waals surface area contributed by atoms with Gasteiger partial charge in [-0.05, 0) is 25.3 Å². The molecule has 1 aromatic carbocycles. The van der Waals surface area contributed by atoms with Crippen molar-refractivity contribution in [3.63, 3.8) is 0 Å². The minimum atomic E-state index is -5.40. The Morgan fingerprint density at radius 3 is 2.45 bits per heavy atom. The van der Waals surface area contributed by atoms with Gasteiger partial charge in [0, 0.05) is 18.7 Å². The van der Waals surface area contributed by atoms with Crippen molar-refractivity contribution < 1.29 is 30.5 Å². The van der Waals surface area contributed by atoms with Gasteiger partial charge in [-0.1, -0.05) is 11.5 Å². The summed E-state index contributed by atoms with van der Waals surface area (Å²) in [7, 11) is -3.19. The van der Waals surface area contributed by atoms with Crippen molar-refractivity contribution in [2.45, 2.75) is 37.0 Å². The lowest BCUT2D eigenvalue weighted by Gasteiger charge is -2.28. The van der Waals surface area contributed by atoms with E-state index in [-0.39, 0.29) is 12.2 Å². The third-order valence-corrected chi connectivity index (χ3v) is 5.45. The molecule has 1 aliphatic rings. The molecule has 0 N–H and O–H groups in total. The van der Waals surface area contributed by atoms with Gasteiger partial charge in [-0.15, -0.1) is 0 Å². The van der Waals surface area contributed by atoms with E-state index in [0.29, 0.717) is 31.4 Å². The maximum atomic E-state index is 13.5. The average molecular weight is 339 g/mol. The average Bonchev–Trinajstić information content (AvgIpc) is 2.36. The zero-order valence-electron chi connectivity index (χ0n) is 11.9. The predicted octanol–water partition coefficient (Wildman–Crippen LogP) is 2.61. The quantitative estimate of drug-likeness (QED) is 0.626. The fraction of sp³-hybridized carbons (Fsp3) is 0.538. The minimum absolute atomic E-state index is 0.0135. The van der Waals surface area contributed by atoms with Crippen molar-refractivity contribution in [1.29, 1.82) is 0 Å². The maximum absolute atomic E-state index is 13.5. The molecule has 0 spiro atoms. The smallest absolute Gasteiger partial charge is 0.490 e. The lowest BCUT2D eigenvalue weighted by molar-refractivity contribution is 0.156. The second kappa shape index (κ2) is 6.10. The molecule has 1 saturated carbocycles. The van der Waals surface area contributed by atoms with Crippen LogP contribution in [0.2, 0.25) is 0 Å². The molecule has 2 atom stereocenters. The number of rotatable bonds is 4. The van der Waals surface area contributed by atoms with Crippen molar-refractivity contribution in [1.82, 2.24) is 0 Å². The molecule has 1 aliphatic carbocycles. The highest BCUT2D eigenvalue weighted by Gasteiger charge is 2.31. The molecule has 1 fully saturated rings. The lowest BCUT2D eigenvalue weighted by Crippen LogP contribution is -2.37. The van der Waals surface area contributed by atoms with Crippen LogP contribution in [-0.4, -0.2) is 33.0 Å². The van der Waals surface area contributed by atoms with E-state index >= 15 is 0 Å². The first kappa shape index (κ1) is 17.1. The van der Waals surface area contributed by atoms with Crippen molar-refractivity contribution >= 4 is 22.3 Å². The van der Waals surface area contributed by atoms with E-state index < -0.39 is 39.4 Å². The Hall–Kier alpha value is -1.25. The number of halogens is 4. The summed E-state index contributed by atoms with van der Waals surface area (Å²) >= 11 is 0. The van der Waals surface area contributed by atoms with Gasteiger partial charge in [0.2, 0.25) is 0 Å². The minimum Gasteiger partial charge on any atom is -0.490 e. The highest BCUT2D eigenvalue weighted by Crippen LogP contribution is 2.28. The Bertz CT molecular complexity index is 645. The van der Waals surface area contributed by atoms with Gasteiger partial charge in [0.1, 0.15) is 15.6 Å². The number of hydrogen-bond acceptors (Lipinski definition) is 3. The molecular formula is C13H16BF4O3S-. The van der Waals surface area contributed by atoms with Gasteiger partial charge in [-0.3, -0.25) is 0 Å². The second-order valence-electron chi connectivity index (χ2n) is 5.62. The van der Waals surface area contributed by atoms with E-state index in [4.69, 9.17) is 4.74 Å². The van der Waals surface area contributed by atoms with Gasteiger partial charge >= 0.3 is 6.98 Å². The van der Waals surface area contributed by atoms with Crippen LogP contribution in [0.4, 0.5) is 17.3 Å². The lowest BCUT2D eigenvalue weighted by atomic mass is 9.80. The normalized spacial score (nSPS) is 23.3. The van der Waals surface area contributed by atoms with Gasteiger partial charge in [-0.2, -0.15) is 0 Å². The van der Waals surface area contributed by atoms with Crippen molar-refractivity contribution in [2.75, 3.05) is 6.26 Å². The summed E-state index contributed by atoms with van der Waals surface area (Å²) in [6.45, 7) is -5.40. The molecule has 3 nitrogen and oxygen atoms in total. The van der Waals surface area contributed by atoms with E-state index in [9.17, 15) is 25.8 Å². The van der Waals surface area contributed by atoms with E-state index in [1.54, 1.807) is 0 Å². The highest BCUT2D eigenvalue weighted by molar-refractivity contribution is 7.91. The molecular weight excluding hydrogens is 323 g/mol. The highest BCUT2D eigenvalue weighted by atomic mass is 32.2. The number of sulfone groups is 1. The van der Waals surface area contributed by atoms with Crippen LogP contribution < -0.4 is 10.2 Å². The van der Waals surface area contributed by atoms with Crippen molar-refractivity contribution in [3.05, 3.63) is 24.0 Å². The Kier molecular flexibility index (Phi) is 4.74. The first-order chi connectivity index (χ1) is 10.1. The fourth-order valence-corrected chi connectivity index (χ4v) is 3.80. The van der Waals surface area contributed by atoms with Crippen LogP contribution >= 0.6 is 0 Å². The predicted molar refractivity (Wildman–Crippen MR) is 76.6 cm³/mol. The van der Waals surface area contributed by atoms with Crippen LogP contribution in [0.1, 0.15) is 25.7 Å². The topological polar surface area (TPSA) is 43.4 Å². The monoisotopic (exact) mass is 339 g/mol. The summed E-state index contributed by atoms with van der Waals surface area (Å²) in [4.78, 5) is 0. The van der Waals surface area contributed by atoms with Crippen LogP contribution in [0.15, 0.2) is 18.2 Å². The largest absolute Gasteiger partial charge is 0.512 e. The molecule has 22 heavy (non-hydrogen) atoms. The van der Waals surface area contributed by atoms with E-state index in [1.165, 1.54) is 0 Å². The van der Waals surface area contributed by atoms with Gasteiger partial charge in [0.05, 0.1) is 17.2 Å². The van der Waals surface area contributed by atoms with Crippen molar-refractivity contribution in [2.24, 2.45) is 0 Å². The van der Waals surface area contributed by atoms with Crippen LogP contribution in [0.3, 0.4) is 0 Å². The maximum Gasteiger partial charge on any atom is 0.512 e. The van der Waals surface area contributed by atoms with E-state index in [1.807, 2.05) is 0 Å². The second-order valence-corrected chi connectivity index (χ2v) is 7.94. The van der Waals surface area contributed by atoms with Gasteiger partial charge in [-0.25, -0.2) is 12.8 Å². The molecule has 0 heterocycles. The number of hydrogen-bond donors (Lipinski definition) is 0. The van der Waals surface area contributed by atoms with E-state index in [0.717, 1.165) is 12.3 Å². The molecule has 124 valence electrons. The molecule has 0 aromatic heterocycles. The fourth-order valence-electron chi connectivity index (χ4n) is 2.64. The molecule has 0 aliphatic heterocycles. The molecule has 1 aromatic rings. The Labute approximate surface area is 126 Å². The summed E-state index contributed by atoms with van der Waals surface area (Å²) in [5.41, 5.74) is -1.29. The zero-order chi connectivity index (χ0) is 16.5. The Morgan fingerprint density at radius 2 is 1.91 bits per heavy atom. The van der Waals surface area contributed by atoms with Gasteiger partial charge < -0.3 is 17.7 Å². The van der Waals surface area contributed by atoms with Crippen LogP contribution in [0, 0.1) is 5.82 Å². The summed E-state index contributed by atoms with van der Waals surface area (Å²) in [6, 6.07) is 2.42. The summed E-state index contributed by atoms with van der Waals surface area (Å²) in [5, 5.41) is -0.520. The zero-order valence-corrected chi connectivity index (χ0v) is 12.8. The molecule has 0 bridgehead atoms. The third kappa shape index (κ3) is 4.15. The first-order valence-electron chi connectivity index (χ1n) is 6.92. The van der Waals surface area contributed by atoms with Crippen molar-refractivity contribution in [3.8, 4) is 5.75 Å². The summed E-state index contributed by atoms with van der Waals surface area (Å²) in [5.74, 6) is -1.39. The summed E-state index contributed by atoms with van der Waals surface area (Å²) in [6.07, 6.45) is 2.77. The number of ether oxygens (including phenoxy) is 1. The molecule has 0 radical (unpaired) electrons. The Balaban J connectivity index is 2.10. The summed E-state index contributed by atoms with van der Waals surface area (Å²) < 4.78 is 79.7. The molecule has 0 amide bonds. The first-order valence-corrected chi connectivity index (χ1v) is 8.88. The van der Waals surface area contributed by atoms with Crippen LogP contribution in [-0.2, 0) is 9.84 Å². The molecule has 0 saturated heterocycles.